The fourth-order valence-electron chi connectivity index (χ4n) is 2.31. The highest BCUT2D eigenvalue weighted by atomic mass is 14.9. The Morgan fingerprint density at radius 3 is 2.45 bits per heavy atom. The Bertz CT molecular complexity index is 901. The Morgan fingerprint density at radius 2 is 1.55 bits per heavy atom. The third-order valence-electron chi connectivity index (χ3n) is 3.31. The molecule has 0 amide bonds. The summed E-state index contributed by atoms with van der Waals surface area (Å²) >= 11 is 0. The van der Waals surface area contributed by atoms with Gasteiger partial charge in [-0.15, -0.1) is 0 Å². The van der Waals surface area contributed by atoms with Crippen LogP contribution in [0, 0.1) is 0 Å². The van der Waals surface area contributed by atoms with Crippen molar-refractivity contribution in [3.63, 3.8) is 0 Å². The molecule has 0 spiro atoms. The zero-order chi connectivity index (χ0) is 13.4. The van der Waals surface area contributed by atoms with Gasteiger partial charge in [-0.05, 0) is 36.4 Å². The number of aromatic nitrogens is 3. The Labute approximate surface area is 116 Å². The SMILES string of the molecule is c1ccc(-c2ccc3cc4ccccc4nc3n2)nc1. The van der Waals surface area contributed by atoms with Gasteiger partial charge in [-0.25, -0.2) is 9.97 Å². The van der Waals surface area contributed by atoms with E-state index < -0.39 is 0 Å². The minimum Gasteiger partial charge on any atom is -0.255 e. The number of benzene rings is 1. The number of hydrogen-bond acceptors (Lipinski definition) is 3. The average Bonchev–Trinajstić information content (AvgIpc) is 2.53. The van der Waals surface area contributed by atoms with Crippen LogP contribution in [0.5, 0.6) is 0 Å². The molecule has 3 heteroatoms. The van der Waals surface area contributed by atoms with Gasteiger partial charge < -0.3 is 0 Å². The van der Waals surface area contributed by atoms with Crippen molar-refractivity contribution in [3.05, 3.63) is 66.9 Å². The molecule has 0 saturated carbocycles. The Morgan fingerprint density at radius 1 is 0.650 bits per heavy atom. The maximum Gasteiger partial charge on any atom is 0.160 e. The summed E-state index contributed by atoms with van der Waals surface area (Å²) in [7, 11) is 0. The van der Waals surface area contributed by atoms with Crippen LogP contribution in [0.4, 0.5) is 0 Å². The van der Waals surface area contributed by atoms with Crippen LogP contribution in [0.1, 0.15) is 0 Å². The van der Waals surface area contributed by atoms with Crippen LogP contribution in [0.15, 0.2) is 66.9 Å². The Kier molecular flexibility index (Phi) is 2.42. The molecular formula is C17H11N3. The molecule has 94 valence electrons. The molecule has 20 heavy (non-hydrogen) atoms. The van der Waals surface area contributed by atoms with Gasteiger partial charge in [-0.1, -0.05) is 24.3 Å². The van der Waals surface area contributed by atoms with Crippen molar-refractivity contribution in [3.8, 4) is 11.4 Å². The van der Waals surface area contributed by atoms with Crippen LogP contribution in [0.3, 0.4) is 0 Å². The predicted molar refractivity (Wildman–Crippen MR) is 80.3 cm³/mol. The number of nitrogens with zero attached hydrogens (tertiary/aromatic N) is 3. The zero-order valence-electron chi connectivity index (χ0n) is 10.7. The minimum atomic E-state index is 0.756. The van der Waals surface area contributed by atoms with Crippen LogP contribution in [0.25, 0.3) is 33.3 Å². The monoisotopic (exact) mass is 257 g/mol. The molecule has 0 aliphatic carbocycles. The van der Waals surface area contributed by atoms with Gasteiger partial charge in [0, 0.05) is 17.0 Å². The average molecular weight is 257 g/mol. The highest BCUT2D eigenvalue weighted by Crippen LogP contribution is 2.21. The van der Waals surface area contributed by atoms with E-state index in [-0.39, 0.29) is 0 Å². The highest BCUT2D eigenvalue weighted by Gasteiger charge is 2.04. The Balaban J connectivity index is 1.97. The first-order valence-corrected chi connectivity index (χ1v) is 6.48. The van der Waals surface area contributed by atoms with Gasteiger partial charge in [-0.2, -0.15) is 0 Å². The van der Waals surface area contributed by atoms with Crippen molar-refractivity contribution in [1.82, 2.24) is 15.0 Å². The summed E-state index contributed by atoms with van der Waals surface area (Å²) in [6.07, 6.45) is 1.77. The molecule has 0 aliphatic rings. The zero-order valence-corrected chi connectivity index (χ0v) is 10.7. The number of rotatable bonds is 1. The van der Waals surface area contributed by atoms with E-state index in [9.17, 15) is 0 Å². The van der Waals surface area contributed by atoms with Gasteiger partial charge >= 0.3 is 0 Å². The van der Waals surface area contributed by atoms with Crippen molar-refractivity contribution >= 4 is 21.9 Å². The maximum atomic E-state index is 4.62. The van der Waals surface area contributed by atoms with Crippen LogP contribution >= 0.6 is 0 Å². The van der Waals surface area contributed by atoms with Crippen molar-refractivity contribution in [2.75, 3.05) is 0 Å². The van der Waals surface area contributed by atoms with Crippen LogP contribution in [0.2, 0.25) is 0 Å². The summed E-state index contributed by atoms with van der Waals surface area (Å²) in [4.78, 5) is 13.6. The van der Waals surface area contributed by atoms with E-state index >= 15 is 0 Å². The normalized spacial score (nSPS) is 11.0. The lowest BCUT2D eigenvalue weighted by molar-refractivity contribution is 1.25. The van der Waals surface area contributed by atoms with E-state index in [4.69, 9.17) is 0 Å². The number of pyridine rings is 3. The van der Waals surface area contributed by atoms with Crippen LogP contribution < -0.4 is 0 Å². The summed E-state index contributed by atoms with van der Waals surface area (Å²) in [5.41, 5.74) is 3.43. The van der Waals surface area contributed by atoms with Crippen LogP contribution in [-0.2, 0) is 0 Å². The van der Waals surface area contributed by atoms with Gasteiger partial charge in [0.1, 0.15) is 0 Å². The van der Waals surface area contributed by atoms with E-state index in [1.54, 1.807) is 6.20 Å². The van der Waals surface area contributed by atoms with Gasteiger partial charge in [-0.3, -0.25) is 4.98 Å². The van der Waals surface area contributed by atoms with Crippen LogP contribution in [-0.4, -0.2) is 15.0 Å². The van der Waals surface area contributed by atoms with Crippen molar-refractivity contribution in [2.24, 2.45) is 0 Å². The first-order chi connectivity index (χ1) is 9.90. The van der Waals surface area contributed by atoms with Crippen molar-refractivity contribution < 1.29 is 0 Å². The van der Waals surface area contributed by atoms with Crippen molar-refractivity contribution in [1.29, 1.82) is 0 Å². The number of fused-ring (bicyclic) bond motifs is 2. The Hall–Kier alpha value is -2.81. The molecule has 3 heterocycles. The minimum absolute atomic E-state index is 0.756. The fourth-order valence-corrected chi connectivity index (χ4v) is 2.31. The highest BCUT2D eigenvalue weighted by molar-refractivity contribution is 5.91. The topological polar surface area (TPSA) is 38.7 Å². The van der Waals surface area contributed by atoms with E-state index in [0.717, 1.165) is 33.3 Å². The van der Waals surface area contributed by atoms with E-state index in [1.807, 2.05) is 48.5 Å². The summed E-state index contributed by atoms with van der Waals surface area (Å²) in [5.74, 6) is 0. The second-order valence-electron chi connectivity index (χ2n) is 4.64. The second-order valence-corrected chi connectivity index (χ2v) is 4.64. The van der Waals surface area contributed by atoms with E-state index in [1.165, 1.54) is 0 Å². The molecule has 4 aromatic rings. The first-order valence-electron chi connectivity index (χ1n) is 6.48. The molecule has 0 saturated heterocycles. The lowest BCUT2D eigenvalue weighted by atomic mass is 10.1. The number of hydrogen-bond donors (Lipinski definition) is 0. The van der Waals surface area contributed by atoms with Gasteiger partial charge in [0.2, 0.25) is 0 Å². The number of para-hydroxylation sites is 1. The third kappa shape index (κ3) is 1.80. The molecule has 0 radical (unpaired) electrons. The lowest BCUT2D eigenvalue weighted by Gasteiger charge is -2.03. The van der Waals surface area contributed by atoms with E-state index in [2.05, 4.69) is 27.1 Å². The molecule has 0 aliphatic heterocycles. The summed E-state index contributed by atoms with van der Waals surface area (Å²) in [6, 6.07) is 20.0. The molecule has 3 aromatic heterocycles. The molecule has 0 N–H and O–H groups in total. The molecule has 0 unspecified atom stereocenters. The van der Waals surface area contributed by atoms with Gasteiger partial charge in [0.25, 0.3) is 0 Å². The van der Waals surface area contributed by atoms with Crippen molar-refractivity contribution in [2.45, 2.75) is 0 Å². The smallest absolute Gasteiger partial charge is 0.160 e. The quantitative estimate of drug-likeness (QED) is 0.486. The summed E-state index contributed by atoms with van der Waals surface area (Å²) in [6.45, 7) is 0. The standard InChI is InChI=1S/C17H11N3/c1-2-6-14-12(5-1)11-13-8-9-16(20-17(13)19-14)15-7-3-4-10-18-15/h1-11H. The molecule has 3 nitrogen and oxygen atoms in total. The largest absolute Gasteiger partial charge is 0.255 e. The molecular weight excluding hydrogens is 246 g/mol. The summed E-state index contributed by atoms with van der Waals surface area (Å²) < 4.78 is 0. The van der Waals surface area contributed by atoms with Gasteiger partial charge in [0.05, 0.1) is 16.9 Å². The molecule has 0 fully saturated rings. The molecule has 4 rings (SSSR count). The first kappa shape index (κ1) is 11.1. The van der Waals surface area contributed by atoms with Gasteiger partial charge in [0.15, 0.2) is 5.65 Å². The maximum absolute atomic E-state index is 4.62. The lowest BCUT2D eigenvalue weighted by Crippen LogP contribution is -1.90. The second kappa shape index (κ2) is 4.38. The predicted octanol–water partition coefficient (Wildman–Crippen LogP) is 3.85. The molecule has 0 bridgehead atoms. The van der Waals surface area contributed by atoms with E-state index in [0.29, 0.717) is 0 Å². The third-order valence-corrected chi connectivity index (χ3v) is 3.31. The summed E-state index contributed by atoms with van der Waals surface area (Å²) in [5, 5.41) is 2.18. The molecule has 0 atom stereocenters. The molecule has 1 aromatic carbocycles. The fraction of sp³-hybridized carbons (Fsp3) is 0.